The van der Waals surface area contributed by atoms with E-state index in [1.54, 1.807) is 55.6 Å². The topological polar surface area (TPSA) is 272 Å². The van der Waals surface area contributed by atoms with E-state index in [4.69, 9.17) is 9.47 Å². The van der Waals surface area contributed by atoms with Gasteiger partial charge in [-0.3, -0.25) is 33.6 Å². The Morgan fingerprint density at radius 1 is 0.745 bits per heavy atom. The van der Waals surface area contributed by atoms with E-state index in [0.29, 0.717) is 91.7 Å². The summed E-state index contributed by atoms with van der Waals surface area (Å²) in [6.45, 7) is 6.12. The molecule has 9 rings (SSSR count). The number of allylic oxidation sites excluding steroid dienone is 2. The maximum atomic E-state index is 15.0. The third-order valence-corrected chi connectivity index (χ3v) is 19.8. The highest BCUT2D eigenvalue weighted by Gasteiger charge is 2.61. The molecule has 0 fully saturated rings. The lowest BCUT2D eigenvalue weighted by Crippen LogP contribution is -2.56. The third-order valence-electron chi connectivity index (χ3n) is 17.9. The number of nitrogens with zero attached hydrogens (tertiary/aromatic N) is 5. The Labute approximate surface area is 550 Å². The molecule has 500 valence electrons. The summed E-state index contributed by atoms with van der Waals surface area (Å²) in [5, 5.41) is 23.0. The van der Waals surface area contributed by atoms with Gasteiger partial charge in [0.25, 0.3) is 11.8 Å². The van der Waals surface area contributed by atoms with Gasteiger partial charge in [-0.15, -0.1) is 0 Å². The zero-order valence-corrected chi connectivity index (χ0v) is 56.2. The van der Waals surface area contributed by atoms with Gasteiger partial charge in [-0.1, -0.05) is 67.5 Å². The van der Waals surface area contributed by atoms with Gasteiger partial charge in [0.15, 0.2) is 0 Å². The van der Waals surface area contributed by atoms with Crippen LogP contribution in [0.15, 0.2) is 121 Å². The molecule has 0 radical (unpaired) electrons. The van der Waals surface area contributed by atoms with Gasteiger partial charge in [-0.2, -0.15) is 12.7 Å². The number of unbranched alkanes of at least 4 members (excludes halogenated alkanes) is 3. The molecule has 1 unspecified atom stereocenters. The summed E-state index contributed by atoms with van der Waals surface area (Å²) >= 11 is 0. The Morgan fingerprint density at radius 3 is 2.07 bits per heavy atom. The first kappa shape index (κ1) is 69.1. The molecule has 0 saturated heterocycles. The van der Waals surface area contributed by atoms with Gasteiger partial charge in [-0.25, -0.2) is 4.31 Å². The van der Waals surface area contributed by atoms with Crippen molar-refractivity contribution >= 4 is 73.9 Å². The predicted octanol–water partition coefficient (Wildman–Crippen LogP) is 8.74. The largest absolute Gasteiger partial charge is 0.508 e. The third kappa shape index (κ3) is 15.2. The molecule has 0 aliphatic carbocycles. The second-order valence-electron chi connectivity index (χ2n) is 25.5. The minimum Gasteiger partial charge on any atom is -0.508 e. The van der Waals surface area contributed by atoms with E-state index in [9.17, 15) is 47.1 Å². The molecule has 1 spiro atoms. The number of benzene rings is 5. The molecule has 4 heterocycles. The number of esters is 1. The number of likely N-dealkylation sites (N-methyl/N-ethyl adjacent to an activating group) is 1. The maximum Gasteiger partial charge on any atom is 0.308 e. The number of phenols is 1. The number of hydrogen-bond acceptors (Lipinski definition) is 14. The first-order valence-electron chi connectivity index (χ1n) is 32.1. The number of phenolic OH excluding ortho intramolecular Hbond substituents is 1. The SMILES string of the molecule is C/C1=C\CC[C@H](C)OC(=O)CC(c2ccc(O)cc2)NC(=O)[C@@H](Cc2c[nH]c3ccccc23)N(C)C(=O)[C@@H](CCCCNC(=O)CCCCCNC(=O)c2ccc3c(c2)C2(c4ccc(N(C)C)cc4Oc4cc(N(C)C)ccc42)N(S(=O)(=O)N(C)C)C3=O)NC(=O)[C@@H](C)C1. The van der Waals surface area contributed by atoms with Crippen LogP contribution in [-0.2, 0) is 50.9 Å². The Hall–Kier alpha value is -9.22. The van der Waals surface area contributed by atoms with Crippen molar-refractivity contribution in [3.63, 3.8) is 0 Å². The van der Waals surface area contributed by atoms with Gasteiger partial charge in [0.1, 0.15) is 34.9 Å². The lowest BCUT2D eigenvalue weighted by molar-refractivity contribution is -0.149. The smallest absolute Gasteiger partial charge is 0.308 e. The van der Waals surface area contributed by atoms with Crippen LogP contribution in [0.4, 0.5) is 11.4 Å². The highest BCUT2D eigenvalue weighted by Crippen LogP contribution is 2.59. The summed E-state index contributed by atoms with van der Waals surface area (Å²) < 4.78 is 43.5. The predicted molar refractivity (Wildman–Crippen MR) is 361 cm³/mol. The maximum absolute atomic E-state index is 15.0. The number of hydrogen-bond donors (Lipinski definition) is 6. The minimum atomic E-state index is -4.50. The fourth-order valence-electron chi connectivity index (χ4n) is 12.6. The van der Waals surface area contributed by atoms with E-state index in [1.165, 1.54) is 50.3 Å². The van der Waals surface area contributed by atoms with E-state index in [2.05, 4.69) is 26.3 Å². The molecular weight excluding hydrogens is 1220 g/mol. The summed E-state index contributed by atoms with van der Waals surface area (Å²) in [4.78, 5) is 108. The van der Waals surface area contributed by atoms with Crippen LogP contribution in [0, 0.1) is 5.92 Å². The van der Waals surface area contributed by atoms with Gasteiger partial charge in [0, 0.05) is 150 Å². The van der Waals surface area contributed by atoms with Gasteiger partial charge >= 0.3 is 16.2 Å². The molecule has 3 aliphatic rings. The van der Waals surface area contributed by atoms with Crippen molar-refractivity contribution in [3.05, 3.63) is 160 Å². The Balaban J connectivity index is 0.836. The number of carbonyl (C=O) groups is 7. The van der Waals surface area contributed by atoms with Gasteiger partial charge in [0.05, 0.1) is 18.6 Å². The lowest BCUT2D eigenvalue weighted by Gasteiger charge is -2.44. The fraction of sp³-hybridized carbons (Fsp3) is 0.423. The van der Waals surface area contributed by atoms with Crippen molar-refractivity contribution in [1.29, 1.82) is 0 Å². The van der Waals surface area contributed by atoms with E-state index in [0.717, 1.165) is 42.0 Å². The molecule has 0 bridgehead atoms. The van der Waals surface area contributed by atoms with Crippen LogP contribution < -0.4 is 35.8 Å². The lowest BCUT2D eigenvalue weighted by atomic mass is 9.75. The monoisotopic (exact) mass is 1300 g/mol. The highest BCUT2D eigenvalue weighted by molar-refractivity contribution is 7.87. The number of para-hydroxylation sites is 1. The summed E-state index contributed by atoms with van der Waals surface area (Å²) in [5.41, 5.74) is 4.37. The molecule has 94 heavy (non-hydrogen) atoms. The second-order valence-corrected chi connectivity index (χ2v) is 27.5. The number of carbonyl (C=O) groups excluding carboxylic acids is 7. The van der Waals surface area contributed by atoms with E-state index in [1.807, 2.05) is 94.3 Å². The molecule has 22 nitrogen and oxygen atoms in total. The Kier molecular flexibility index (Phi) is 21.9. The van der Waals surface area contributed by atoms with Crippen LogP contribution in [0.3, 0.4) is 0 Å². The number of amides is 6. The number of aromatic amines is 1. The van der Waals surface area contributed by atoms with Gasteiger partial charge < -0.3 is 55.5 Å². The summed E-state index contributed by atoms with van der Waals surface area (Å²) in [6.07, 6.45) is 7.80. The van der Waals surface area contributed by atoms with Crippen LogP contribution in [-0.4, -0.2) is 154 Å². The first-order valence-corrected chi connectivity index (χ1v) is 33.5. The molecule has 23 heteroatoms. The molecule has 6 amide bonds. The van der Waals surface area contributed by atoms with Crippen LogP contribution in [0.2, 0.25) is 0 Å². The van der Waals surface area contributed by atoms with E-state index < -0.39 is 75.5 Å². The number of aromatic hydroxyl groups is 1. The van der Waals surface area contributed by atoms with Crippen molar-refractivity contribution in [2.24, 2.45) is 5.92 Å². The zero-order chi connectivity index (χ0) is 67.8. The van der Waals surface area contributed by atoms with E-state index in [-0.39, 0.29) is 60.9 Å². The van der Waals surface area contributed by atoms with Crippen molar-refractivity contribution < 1.29 is 56.6 Å². The Morgan fingerprint density at radius 2 is 1.40 bits per heavy atom. The Bertz CT molecular complexity index is 3900. The van der Waals surface area contributed by atoms with Crippen LogP contribution >= 0.6 is 0 Å². The molecule has 6 N–H and O–H groups in total. The number of ether oxygens (including phenoxy) is 2. The molecule has 0 saturated carbocycles. The highest BCUT2D eigenvalue weighted by atomic mass is 32.2. The quantitative estimate of drug-likeness (QED) is 0.0251. The average molecular weight is 1310 g/mol. The molecule has 6 aromatic rings. The zero-order valence-electron chi connectivity index (χ0n) is 55.3. The first-order chi connectivity index (χ1) is 44.8. The number of nitrogens with one attached hydrogen (secondary N) is 5. The minimum absolute atomic E-state index is 0.00370. The number of cyclic esters (lactones) is 1. The van der Waals surface area contributed by atoms with Gasteiger partial charge in [-0.05, 0) is 125 Å². The molecule has 1 aromatic heterocycles. The molecular formula is C71H88N10O12S. The normalized spacial score (nSPS) is 20.1. The van der Waals surface area contributed by atoms with Crippen molar-refractivity contribution in [3.8, 4) is 17.2 Å². The second kappa shape index (κ2) is 29.8. The fourth-order valence-corrected chi connectivity index (χ4v) is 13.9. The number of H-pyrrole nitrogens is 1. The molecule has 5 atom stereocenters. The average Bonchev–Trinajstić information content (AvgIpc) is 1.46. The number of anilines is 2. The van der Waals surface area contributed by atoms with Crippen molar-refractivity contribution in [2.75, 3.05) is 72.2 Å². The van der Waals surface area contributed by atoms with E-state index >= 15 is 0 Å². The molecule has 3 aliphatic heterocycles. The van der Waals surface area contributed by atoms with Gasteiger partial charge in [0.2, 0.25) is 23.6 Å². The van der Waals surface area contributed by atoms with Crippen LogP contribution in [0.1, 0.15) is 146 Å². The van der Waals surface area contributed by atoms with Crippen LogP contribution in [0.25, 0.3) is 10.9 Å². The number of aromatic nitrogens is 1. The van der Waals surface area contributed by atoms with Crippen molar-refractivity contribution in [2.45, 2.75) is 128 Å². The molecule has 5 aromatic carbocycles. The van der Waals surface area contributed by atoms with Crippen LogP contribution in [0.5, 0.6) is 17.2 Å². The number of rotatable bonds is 19. The summed E-state index contributed by atoms with van der Waals surface area (Å²) in [5.74, 6) is -3.07. The summed E-state index contributed by atoms with van der Waals surface area (Å²) in [6, 6.07) is 26.2. The number of fused-ring (bicyclic) bond motifs is 7. The van der Waals surface area contributed by atoms with Crippen molar-refractivity contribution in [1.82, 2.24) is 39.8 Å². The standard InChI is InChI=1S/C71H88N10O12S/c1-44-19-18-20-46(3)92-65(84)42-60(47-25-30-52(82)31-26-47)76-68(87)61(39-49-43-74-58-22-14-13-21-53(49)58)80(10)70(89)59(75-66(85)45(2)37-44)23-15-17-35-72-64(83)24-12-11-16-36-73-67(86)48-27-32-54-57(38-48)71(81(69(54)88)94(90,91)79(8)9)55-33-28-50(77(4)5)40-62(55)93-63-41-51(78(6)7)29-34-56(63)71/h13-14,19,21-22,25-34,38,40-41,43,45-46,59-61,74,82H,11-12,15-18,20,23-24,35-37,39,42H2,1-10H3,(H,72,83)(H,73,86)(H,75,85)(H,76,87)/b44-19+/t45-,46-,59+,60?,61+/m0/s1. The summed E-state index contributed by atoms with van der Waals surface area (Å²) in [7, 11) is 7.28.